The highest BCUT2D eigenvalue weighted by Gasteiger charge is 2.06. The number of benzene rings is 2. The van der Waals surface area contributed by atoms with Gasteiger partial charge < -0.3 is 10.6 Å². The number of nitrogens with two attached hydrogens (primary N) is 1. The van der Waals surface area contributed by atoms with Crippen molar-refractivity contribution >= 4 is 34.5 Å². The van der Waals surface area contributed by atoms with Crippen LogP contribution in [0.15, 0.2) is 42.5 Å². The first-order valence-corrected chi connectivity index (χ1v) is 7.12. The van der Waals surface area contributed by atoms with Gasteiger partial charge in [-0.05, 0) is 48.4 Å². The maximum Gasteiger partial charge on any atom is 0.103 e. The fourth-order valence-electron chi connectivity index (χ4n) is 2.01. The molecule has 2 nitrogen and oxygen atoms in total. The summed E-state index contributed by atoms with van der Waals surface area (Å²) in [5, 5.41) is 0.802. The Morgan fingerprint density at radius 1 is 1.20 bits per heavy atom. The van der Waals surface area contributed by atoms with Crippen molar-refractivity contribution in [3.05, 3.63) is 64.2 Å². The Hall–Kier alpha value is -1.58. The van der Waals surface area contributed by atoms with Gasteiger partial charge >= 0.3 is 0 Å². The van der Waals surface area contributed by atoms with Crippen LogP contribution in [0.2, 0.25) is 5.02 Å². The second-order valence-electron chi connectivity index (χ2n) is 4.86. The van der Waals surface area contributed by atoms with Crippen LogP contribution in [-0.4, -0.2) is 12.0 Å². The van der Waals surface area contributed by atoms with Crippen LogP contribution < -0.4 is 10.6 Å². The van der Waals surface area contributed by atoms with Crippen molar-refractivity contribution < 1.29 is 0 Å². The Morgan fingerprint density at radius 2 is 1.85 bits per heavy atom. The molecule has 0 aliphatic carbocycles. The van der Waals surface area contributed by atoms with Crippen molar-refractivity contribution in [2.45, 2.75) is 13.5 Å². The number of anilines is 1. The summed E-state index contributed by atoms with van der Waals surface area (Å²) in [6.45, 7) is 2.79. The molecule has 20 heavy (non-hydrogen) atoms. The zero-order valence-corrected chi connectivity index (χ0v) is 13.1. The first kappa shape index (κ1) is 14.8. The lowest BCUT2D eigenvalue weighted by Gasteiger charge is -2.20. The Labute approximate surface area is 130 Å². The number of rotatable bonds is 4. The van der Waals surface area contributed by atoms with Gasteiger partial charge in [-0.15, -0.1) is 0 Å². The standard InChI is InChI=1S/C16H17ClN2S/c1-11-3-4-13(15(17)9-11)10-19(2)14-7-5-12(6-8-14)16(18)20/h3-9H,10H2,1-2H3,(H2,18,20). The minimum atomic E-state index is 0.417. The minimum Gasteiger partial charge on any atom is -0.389 e. The summed E-state index contributed by atoms with van der Waals surface area (Å²) in [5.74, 6) is 0. The van der Waals surface area contributed by atoms with Crippen LogP contribution in [0.4, 0.5) is 5.69 Å². The lowest BCUT2D eigenvalue weighted by atomic mass is 10.1. The molecular weight excluding hydrogens is 288 g/mol. The molecule has 0 saturated heterocycles. The predicted octanol–water partition coefficient (Wildman–Crippen LogP) is 3.92. The average Bonchev–Trinajstić information content (AvgIpc) is 2.42. The molecule has 0 aliphatic heterocycles. The summed E-state index contributed by atoms with van der Waals surface area (Å²) < 4.78 is 0. The van der Waals surface area contributed by atoms with Crippen molar-refractivity contribution in [2.24, 2.45) is 5.73 Å². The van der Waals surface area contributed by atoms with E-state index in [-0.39, 0.29) is 0 Å². The van der Waals surface area contributed by atoms with E-state index in [1.807, 2.05) is 44.3 Å². The SMILES string of the molecule is Cc1ccc(CN(C)c2ccc(C(N)=S)cc2)c(Cl)c1. The van der Waals surface area contributed by atoms with Crippen LogP contribution in [0.1, 0.15) is 16.7 Å². The van der Waals surface area contributed by atoms with E-state index in [1.54, 1.807) is 0 Å². The Balaban J connectivity index is 2.15. The number of nitrogens with zero attached hydrogens (tertiary/aromatic N) is 1. The third kappa shape index (κ3) is 3.50. The maximum absolute atomic E-state index is 6.27. The van der Waals surface area contributed by atoms with Gasteiger partial charge in [-0.1, -0.05) is 36.0 Å². The van der Waals surface area contributed by atoms with Gasteiger partial charge in [0.1, 0.15) is 4.99 Å². The van der Waals surface area contributed by atoms with Crippen molar-refractivity contribution in [1.29, 1.82) is 0 Å². The van der Waals surface area contributed by atoms with Gasteiger partial charge in [0.15, 0.2) is 0 Å². The third-order valence-electron chi connectivity index (χ3n) is 3.21. The van der Waals surface area contributed by atoms with E-state index >= 15 is 0 Å². The van der Waals surface area contributed by atoms with Gasteiger partial charge in [0.05, 0.1) is 0 Å². The monoisotopic (exact) mass is 304 g/mol. The second-order valence-corrected chi connectivity index (χ2v) is 5.71. The number of aryl methyl sites for hydroxylation is 1. The molecule has 0 fully saturated rings. The van der Waals surface area contributed by atoms with Crippen molar-refractivity contribution in [2.75, 3.05) is 11.9 Å². The summed E-state index contributed by atoms with van der Waals surface area (Å²) >= 11 is 11.2. The molecule has 0 bridgehead atoms. The molecule has 0 saturated carbocycles. The van der Waals surface area contributed by atoms with E-state index in [4.69, 9.17) is 29.6 Å². The van der Waals surface area contributed by atoms with Crippen molar-refractivity contribution in [3.8, 4) is 0 Å². The molecule has 2 N–H and O–H groups in total. The first-order valence-electron chi connectivity index (χ1n) is 6.33. The normalized spacial score (nSPS) is 10.3. The van der Waals surface area contributed by atoms with E-state index in [2.05, 4.69) is 17.0 Å². The molecule has 0 unspecified atom stereocenters. The van der Waals surface area contributed by atoms with Crippen LogP contribution in [-0.2, 0) is 6.54 Å². The topological polar surface area (TPSA) is 29.3 Å². The smallest absolute Gasteiger partial charge is 0.103 e. The van der Waals surface area contributed by atoms with Crippen molar-refractivity contribution in [3.63, 3.8) is 0 Å². The van der Waals surface area contributed by atoms with E-state index in [0.717, 1.165) is 28.4 Å². The van der Waals surface area contributed by atoms with E-state index in [1.165, 1.54) is 5.56 Å². The molecule has 0 amide bonds. The summed E-state index contributed by atoms with van der Waals surface area (Å²) in [6, 6.07) is 14.0. The minimum absolute atomic E-state index is 0.417. The molecule has 0 radical (unpaired) electrons. The Morgan fingerprint density at radius 3 is 2.40 bits per heavy atom. The summed E-state index contributed by atoms with van der Waals surface area (Å²) in [4.78, 5) is 2.56. The molecule has 2 aromatic carbocycles. The number of hydrogen-bond donors (Lipinski definition) is 1. The van der Waals surface area contributed by atoms with E-state index < -0.39 is 0 Å². The fraction of sp³-hybridized carbons (Fsp3) is 0.188. The number of thiocarbonyl (C=S) groups is 1. The lowest BCUT2D eigenvalue weighted by molar-refractivity contribution is 0.922. The molecular formula is C16H17ClN2S. The highest BCUT2D eigenvalue weighted by Crippen LogP contribution is 2.22. The number of halogens is 1. The van der Waals surface area contributed by atoms with Gasteiger partial charge in [0.25, 0.3) is 0 Å². The van der Waals surface area contributed by atoms with Crippen LogP contribution in [0.5, 0.6) is 0 Å². The van der Waals surface area contributed by atoms with Gasteiger partial charge in [0, 0.05) is 29.9 Å². The largest absolute Gasteiger partial charge is 0.389 e. The van der Waals surface area contributed by atoms with Gasteiger partial charge in [-0.25, -0.2) is 0 Å². The van der Waals surface area contributed by atoms with E-state index in [0.29, 0.717) is 4.99 Å². The highest BCUT2D eigenvalue weighted by atomic mass is 35.5. The number of hydrogen-bond acceptors (Lipinski definition) is 2. The van der Waals surface area contributed by atoms with Gasteiger partial charge in [-0.3, -0.25) is 0 Å². The van der Waals surface area contributed by atoms with Crippen LogP contribution in [0, 0.1) is 6.92 Å². The van der Waals surface area contributed by atoms with Crippen LogP contribution in [0.3, 0.4) is 0 Å². The van der Waals surface area contributed by atoms with Gasteiger partial charge in [0.2, 0.25) is 0 Å². The van der Waals surface area contributed by atoms with Gasteiger partial charge in [-0.2, -0.15) is 0 Å². The molecule has 2 aromatic rings. The predicted molar refractivity (Wildman–Crippen MR) is 90.6 cm³/mol. The van der Waals surface area contributed by atoms with Crippen molar-refractivity contribution in [1.82, 2.24) is 0 Å². The fourth-order valence-corrected chi connectivity index (χ4v) is 2.44. The molecule has 4 heteroatoms. The Bertz CT molecular complexity index is 623. The average molecular weight is 305 g/mol. The second kappa shape index (κ2) is 6.25. The molecule has 0 spiro atoms. The molecule has 2 rings (SSSR count). The molecule has 0 aliphatic rings. The van der Waals surface area contributed by atoms with Crippen LogP contribution in [0.25, 0.3) is 0 Å². The quantitative estimate of drug-likeness (QED) is 0.868. The zero-order chi connectivity index (χ0) is 14.7. The Kier molecular flexibility index (Phi) is 4.63. The lowest BCUT2D eigenvalue weighted by Crippen LogP contribution is -2.17. The zero-order valence-electron chi connectivity index (χ0n) is 11.6. The van der Waals surface area contributed by atoms with Crippen LogP contribution >= 0.6 is 23.8 Å². The van der Waals surface area contributed by atoms with E-state index in [9.17, 15) is 0 Å². The first-order chi connectivity index (χ1) is 9.47. The highest BCUT2D eigenvalue weighted by molar-refractivity contribution is 7.80. The molecule has 104 valence electrons. The summed E-state index contributed by atoms with van der Waals surface area (Å²) in [5.41, 5.74) is 9.85. The molecule has 0 aromatic heterocycles. The molecule has 0 atom stereocenters. The maximum atomic E-state index is 6.27. The summed E-state index contributed by atoms with van der Waals surface area (Å²) in [7, 11) is 2.03. The summed E-state index contributed by atoms with van der Waals surface area (Å²) in [6.07, 6.45) is 0. The third-order valence-corrected chi connectivity index (χ3v) is 3.80. The molecule has 0 heterocycles.